The van der Waals surface area contributed by atoms with Gasteiger partial charge in [-0.15, -0.1) is 0 Å². The molecule has 28 heavy (non-hydrogen) atoms. The molecule has 0 aliphatic carbocycles. The third kappa shape index (κ3) is 4.20. The summed E-state index contributed by atoms with van der Waals surface area (Å²) in [6.45, 7) is 1.85. The van der Waals surface area contributed by atoms with Crippen LogP contribution in [0.1, 0.15) is 24.1 Å². The van der Waals surface area contributed by atoms with E-state index in [1.165, 1.54) is 6.92 Å². The minimum Gasteiger partial charge on any atom is -0.352 e. The Balaban J connectivity index is 1.74. The number of pyridine rings is 1. The standard InChI is InChI=1S/C17H21N5O5S/c1-11-14(16(24)21-17(25)20-11)28(26,27)22-8-2-3-13(10-22)15(23)19-9-12-4-6-18-7-5-12/h4-7,13H,2-3,8-10H2,1H3,(H,19,23)(H2,20,21,24,25)/t13-/m1/s1. The molecule has 1 saturated heterocycles. The third-order valence-electron chi connectivity index (χ3n) is 4.64. The second kappa shape index (κ2) is 8.07. The van der Waals surface area contributed by atoms with Crippen LogP contribution in [-0.4, -0.2) is 46.7 Å². The molecule has 3 heterocycles. The molecule has 2 aromatic heterocycles. The number of aryl methyl sites for hydroxylation is 1. The lowest BCUT2D eigenvalue weighted by Gasteiger charge is -2.31. The smallest absolute Gasteiger partial charge is 0.325 e. The minimum absolute atomic E-state index is 0.0253. The highest BCUT2D eigenvalue weighted by Gasteiger charge is 2.35. The normalized spacial score (nSPS) is 18.0. The number of nitrogens with zero attached hydrogens (tertiary/aromatic N) is 2. The maximum absolute atomic E-state index is 12.9. The fourth-order valence-corrected chi connectivity index (χ4v) is 4.96. The Kier molecular flexibility index (Phi) is 5.75. The zero-order chi connectivity index (χ0) is 20.3. The van der Waals surface area contributed by atoms with Crippen LogP contribution < -0.4 is 16.6 Å². The predicted molar refractivity (Wildman–Crippen MR) is 100.0 cm³/mol. The Labute approximate surface area is 161 Å². The van der Waals surface area contributed by atoms with Crippen molar-refractivity contribution in [1.82, 2.24) is 24.6 Å². The number of aromatic amines is 2. The van der Waals surface area contributed by atoms with Gasteiger partial charge < -0.3 is 10.3 Å². The Hall–Kier alpha value is -2.79. The van der Waals surface area contributed by atoms with Gasteiger partial charge in [0, 0.05) is 37.7 Å². The van der Waals surface area contributed by atoms with Crippen molar-refractivity contribution in [2.24, 2.45) is 5.92 Å². The van der Waals surface area contributed by atoms with Crippen molar-refractivity contribution in [1.29, 1.82) is 0 Å². The van der Waals surface area contributed by atoms with Gasteiger partial charge in [0.15, 0.2) is 4.90 Å². The molecule has 0 radical (unpaired) electrons. The van der Waals surface area contributed by atoms with Gasteiger partial charge in [-0.3, -0.25) is 19.6 Å². The molecule has 0 saturated carbocycles. The first-order valence-electron chi connectivity index (χ1n) is 8.79. The van der Waals surface area contributed by atoms with E-state index in [1.807, 2.05) is 4.98 Å². The van der Waals surface area contributed by atoms with Crippen molar-refractivity contribution in [3.8, 4) is 0 Å². The van der Waals surface area contributed by atoms with E-state index in [4.69, 9.17) is 0 Å². The first-order chi connectivity index (χ1) is 13.3. The predicted octanol–water partition coefficient (Wildman–Crippen LogP) is -0.516. The first kappa shape index (κ1) is 20.0. The summed E-state index contributed by atoms with van der Waals surface area (Å²) in [4.78, 5) is 43.5. The molecule has 150 valence electrons. The van der Waals surface area contributed by atoms with Crippen LogP contribution in [-0.2, 0) is 21.4 Å². The summed E-state index contributed by atoms with van der Waals surface area (Å²) in [5.41, 5.74) is -0.879. The summed E-state index contributed by atoms with van der Waals surface area (Å²) in [5, 5.41) is 2.81. The van der Waals surface area contributed by atoms with E-state index in [2.05, 4.69) is 15.3 Å². The molecular formula is C17H21N5O5S. The Bertz CT molecular complexity index is 1080. The van der Waals surface area contributed by atoms with Gasteiger partial charge in [-0.05, 0) is 37.5 Å². The topological polar surface area (TPSA) is 145 Å². The van der Waals surface area contributed by atoms with E-state index >= 15 is 0 Å². The van der Waals surface area contributed by atoms with E-state index in [0.717, 1.165) is 9.87 Å². The van der Waals surface area contributed by atoms with Gasteiger partial charge in [-0.25, -0.2) is 13.2 Å². The largest absolute Gasteiger partial charge is 0.352 e. The van der Waals surface area contributed by atoms with Crippen LogP contribution in [0, 0.1) is 12.8 Å². The summed E-state index contributed by atoms with van der Waals surface area (Å²) in [5.74, 6) is -0.767. The van der Waals surface area contributed by atoms with Gasteiger partial charge in [-0.2, -0.15) is 4.31 Å². The number of carbonyl (C=O) groups excluding carboxylic acids is 1. The molecule has 11 heteroatoms. The zero-order valence-electron chi connectivity index (χ0n) is 15.3. The molecule has 0 bridgehead atoms. The Morgan fingerprint density at radius 2 is 2.00 bits per heavy atom. The number of sulfonamides is 1. The highest BCUT2D eigenvalue weighted by Crippen LogP contribution is 2.23. The van der Waals surface area contributed by atoms with Crippen LogP contribution in [0.4, 0.5) is 0 Å². The van der Waals surface area contributed by atoms with Gasteiger partial charge in [-0.1, -0.05) is 0 Å². The van der Waals surface area contributed by atoms with Crippen LogP contribution in [0.5, 0.6) is 0 Å². The number of nitrogens with one attached hydrogen (secondary N) is 3. The molecule has 3 N–H and O–H groups in total. The molecule has 1 aliphatic rings. The fraction of sp³-hybridized carbons (Fsp3) is 0.412. The van der Waals surface area contributed by atoms with Crippen molar-refractivity contribution in [3.63, 3.8) is 0 Å². The quantitative estimate of drug-likeness (QED) is 0.608. The van der Waals surface area contributed by atoms with Gasteiger partial charge in [0.1, 0.15) is 0 Å². The van der Waals surface area contributed by atoms with Crippen LogP contribution in [0.25, 0.3) is 0 Å². The molecular weight excluding hydrogens is 386 g/mol. The van der Waals surface area contributed by atoms with E-state index in [1.54, 1.807) is 24.5 Å². The van der Waals surface area contributed by atoms with Crippen LogP contribution in [0.3, 0.4) is 0 Å². The summed E-state index contributed by atoms with van der Waals surface area (Å²) in [6, 6.07) is 3.56. The molecule has 1 aliphatic heterocycles. The number of rotatable bonds is 5. The number of H-pyrrole nitrogens is 2. The van der Waals surface area contributed by atoms with Crippen LogP contribution in [0.15, 0.2) is 39.0 Å². The number of hydrogen-bond acceptors (Lipinski definition) is 6. The lowest BCUT2D eigenvalue weighted by molar-refractivity contribution is -0.126. The average Bonchev–Trinajstić information content (AvgIpc) is 2.66. The number of aromatic nitrogens is 3. The maximum Gasteiger partial charge on any atom is 0.325 e. The molecule has 1 atom stereocenters. The van der Waals surface area contributed by atoms with Crippen molar-refractivity contribution < 1.29 is 13.2 Å². The average molecular weight is 407 g/mol. The number of hydrogen-bond donors (Lipinski definition) is 3. The lowest BCUT2D eigenvalue weighted by atomic mass is 9.99. The minimum atomic E-state index is -4.14. The van der Waals surface area contributed by atoms with Gasteiger partial charge >= 0.3 is 5.69 Å². The zero-order valence-corrected chi connectivity index (χ0v) is 16.1. The van der Waals surface area contributed by atoms with Crippen molar-refractivity contribution in [2.45, 2.75) is 31.2 Å². The summed E-state index contributed by atoms with van der Waals surface area (Å²) in [7, 11) is -4.14. The molecule has 1 fully saturated rings. The monoisotopic (exact) mass is 407 g/mol. The fourth-order valence-electron chi connectivity index (χ4n) is 3.24. The van der Waals surface area contributed by atoms with Crippen molar-refractivity contribution >= 4 is 15.9 Å². The molecule has 2 aromatic rings. The molecule has 0 aromatic carbocycles. The van der Waals surface area contributed by atoms with Crippen LogP contribution in [0.2, 0.25) is 0 Å². The highest BCUT2D eigenvalue weighted by atomic mass is 32.2. The highest BCUT2D eigenvalue weighted by molar-refractivity contribution is 7.89. The van der Waals surface area contributed by atoms with Gasteiger partial charge in [0.2, 0.25) is 15.9 Å². The Morgan fingerprint density at radius 3 is 2.68 bits per heavy atom. The maximum atomic E-state index is 12.9. The lowest BCUT2D eigenvalue weighted by Crippen LogP contribution is -2.46. The molecule has 10 nitrogen and oxygen atoms in total. The summed E-state index contributed by atoms with van der Waals surface area (Å²) in [6.07, 6.45) is 4.29. The molecule has 3 rings (SSSR count). The number of carbonyl (C=O) groups is 1. The number of amides is 1. The van der Waals surface area contributed by atoms with Crippen molar-refractivity contribution in [2.75, 3.05) is 13.1 Å². The Morgan fingerprint density at radius 1 is 1.29 bits per heavy atom. The van der Waals surface area contributed by atoms with Gasteiger partial charge in [0.05, 0.1) is 5.92 Å². The molecule has 1 amide bonds. The number of piperidine rings is 1. The van der Waals surface area contributed by atoms with E-state index in [0.29, 0.717) is 19.4 Å². The van der Waals surface area contributed by atoms with Crippen molar-refractivity contribution in [3.05, 3.63) is 56.6 Å². The van der Waals surface area contributed by atoms with E-state index < -0.39 is 32.1 Å². The SMILES string of the molecule is Cc1[nH]c(=O)[nH]c(=O)c1S(=O)(=O)N1CCC[C@@H](C(=O)NCc2ccncc2)C1. The first-order valence-corrected chi connectivity index (χ1v) is 10.2. The second-order valence-electron chi connectivity index (χ2n) is 6.64. The molecule has 0 spiro atoms. The summed E-state index contributed by atoms with van der Waals surface area (Å²) < 4.78 is 27.0. The third-order valence-corrected chi connectivity index (χ3v) is 6.66. The van der Waals surface area contributed by atoms with E-state index in [-0.39, 0.29) is 24.7 Å². The van der Waals surface area contributed by atoms with Crippen LogP contribution >= 0.6 is 0 Å². The molecule has 0 unspecified atom stereocenters. The summed E-state index contributed by atoms with van der Waals surface area (Å²) >= 11 is 0. The van der Waals surface area contributed by atoms with Gasteiger partial charge in [0.25, 0.3) is 5.56 Å². The van der Waals surface area contributed by atoms with E-state index in [9.17, 15) is 22.8 Å². The second-order valence-corrected chi connectivity index (χ2v) is 8.51.